The molecule has 0 fully saturated rings. The number of methoxy groups -OCH3 is 2. The lowest BCUT2D eigenvalue weighted by atomic mass is 9.87. The van der Waals surface area contributed by atoms with E-state index >= 15 is 0 Å². The summed E-state index contributed by atoms with van der Waals surface area (Å²) in [6, 6.07) is 1.49. The van der Waals surface area contributed by atoms with Gasteiger partial charge in [-0.05, 0) is 6.07 Å². The fourth-order valence-corrected chi connectivity index (χ4v) is 2.16. The van der Waals surface area contributed by atoms with E-state index in [1.165, 1.54) is 33.4 Å². The number of hydrogen-bond donors (Lipinski definition) is 1. The number of nitrogens with zero attached hydrogens (tertiary/aromatic N) is 1. The average molecular weight is 278 g/mol. The van der Waals surface area contributed by atoms with Crippen LogP contribution in [0.15, 0.2) is 12.3 Å². The molecule has 0 spiro atoms. The van der Waals surface area contributed by atoms with Gasteiger partial charge in [-0.1, -0.05) is 6.92 Å². The van der Waals surface area contributed by atoms with Crippen LogP contribution in [-0.4, -0.2) is 36.9 Å². The van der Waals surface area contributed by atoms with Crippen molar-refractivity contribution in [2.45, 2.75) is 6.92 Å². The number of Topliss-reactive ketones (excluding diaryl/α,β-unsaturated/α-hetero) is 1. The van der Waals surface area contributed by atoms with Crippen molar-refractivity contribution in [2.24, 2.45) is 11.8 Å². The number of ether oxygens (including phenoxy) is 2. The molecule has 2 atom stereocenters. The molecule has 0 aliphatic carbocycles. The summed E-state index contributed by atoms with van der Waals surface area (Å²) in [5.74, 6) is -3.71. The summed E-state index contributed by atoms with van der Waals surface area (Å²) in [4.78, 5) is 40.3. The van der Waals surface area contributed by atoms with Gasteiger partial charge in [0.2, 0.25) is 11.8 Å². The summed E-state index contributed by atoms with van der Waals surface area (Å²) in [5, 5.41) is 2.60. The molecule has 2 rings (SSSR count). The Morgan fingerprint density at radius 3 is 2.65 bits per heavy atom. The lowest BCUT2D eigenvalue weighted by molar-refractivity contribution is -0.147. The maximum absolute atomic E-state index is 12.6. The highest BCUT2D eigenvalue weighted by atomic mass is 16.5. The van der Waals surface area contributed by atoms with Gasteiger partial charge in [-0.2, -0.15) is 0 Å². The molecule has 0 saturated carbocycles. The lowest BCUT2D eigenvalue weighted by Gasteiger charge is -2.16. The normalized spacial score (nSPS) is 21.6. The van der Waals surface area contributed by atoms with Crippen LogP contribution in [0.4, 0.5) is 5.69 Å². The number of aromatic nitrogens is 1. The van der Waals surface area contributed by atoms with Crippen LogP contribution in [0.2, 0.25) is 0 Å². The molecular formula is C13H14N2O5. The Morgan fingerprint density at radius 1 is 1.35 bits per heavy atom. The number of anilines is 1. The maximum atomic E-state index is 12.6. The van der Waals surface area contributed by atoms with Crippen LogP contribution in [-0.2, 0) is 14.3 Å². The summed E-state index contributed by atoms with van der Waals surface area (Å²) >= 11 is 0. The van der Waals surface area contributed by atoms with Gasteiger partial charge < -0.3 is 14.8 Å². The van der Waals surface area contributed by atoms with Crippen molar-refractivity contribution in [2.75, 3.05) is 19.5 Å². The summed E-state index contributed by atoms with van der Waals surface area (Å²) in [6.45, 7) is 1.50. The molecule has 7 nitrogen and oxygen atoms in total. The molecule has 1 N–H and O–H groups in total. The van der Waals surface area contributed by atoms with Gasteiger partial charge in [0.1, 0.15) is 11.5 Å². The molecule has 2 unspecified atom stereocenters. The Bertz CT molecular complexity index is 584. The number of pyridine rings is 1. The maximum Gasteiger partial charge on any atom is 0.317 e. The Kier molecular flexibility index (Phi) is 3.69. The lowest BCUT2D eigenvalue weighted by Crippen LogP contribution is -2.35. The first-order valence-electron chi connectivity index (χ1n) is 5.97. The Labute approximate surface area is 115 Å². The van der Waals surface area contributed by atoms with Crippen LogP contribution in [0.25, 0.3) is 0 Å². The van der Waals surface area contributed by atoms with Crippen molar-refractivity contribution in [3.05, 3.63) is 17.8 Å². The Balaban J connectivity index is 2.62. The molecular weight excluding hydrogens is 264 g/mol. The summed E-state index contributed by atoms with van der Waals surface area (Å²) in [5.41, 5.74) is 0.369. The monoisotopic (exact) mass is 278 g/mol. The van der Waals surface area contributed by atoms with E-state index in [9.17, 15) is 14.4 Å². The van der Waals surface area contributed by atoms with E-state index in [-0.39, 0.29) is 17.1 Å². The van der Waals surface area contributed by atoms with Crippen molar-refractivity contribution in [1.82, 2.24) is 4.98 Å². The van der Waals surface area contributed by atoms with E-state index in [1.54, 1.807) is 0 Å². The minimum Gasteiger partial charge on any atom is -0.480 e. The highest BCUT2D eigenvalue weighted by Crippen LogP contribution is 2.33. The van der Waals surface area contributed by atoms with Crippen LogP contribution in [0.5, 0.6) is 5.88 Å². The minimum atomic E-state index is -1.21. The first-order valence-corrected chi connectivity index (χ1v) is 5.97. The second kappa shape index (κ2) is 5.28. The van der Waals surface area contributed by atoms with E-state index in [4.69, 9.17) is 4.74 Å². The number of fused-ring (bicyclic) bond motifs is 1. The highest BCUT2D eigenvalue weighted by molar-refractivity contribution is 6.18. The Hall–Kier alpha value is -2.44. The number of nitrogens with one attached hydrogen (secondary N) is 1. The van der Waals surface area contributed by atoms with E-state index in [0.29, 0.717) is 0 Å². The minimum absolute atomic E-state index is 0.0656. The van der Waals surface area contributed by atoms with Crippen molar-refractivity contribution < 1.29 is 23.9 Å². The van der Waals surface area contributed by atoms with Gasteiger partial charge >= 0.3 is 5.97 Å². The summed E-state index contributed by atoms with van der Waals surface area (Å²) in [6.07, 6.45) is 1.41. The molecule has 1 amide bonds. The van der Waals surface area contributed by atoms with Crippen LogP contribution in [0, 0.1) is 11.8 Å². The number of carbonyl (C=O) groups excluding carboxylic acids is 3. The fourth-order valence-electron chi connectivity index (χ4n) is 2.16. The van der Waals surface area contributed by atoms with Gasteiger partial charge in [0, 0.05) is 6.20 Å². The quantitative estimate of drug-likeness (QED) is 0.630. The third-order valence-corrected chi connectivity index (χ3v) is 3.26. The van der Waals surface area contributed by atoms with Gasteiger partial charge in [0.25, 0.3) is 0 Å². The van der Waals surface area contributed by atoms with Crippen molar-refractivity contribution in [3.8, 4) is 5.88 Å². The topological polar surface area (TPSA) is 94.6 Å². The molecule has 0 saturated heterocycles. The van der Waals surface area contributed by atoms with Crippen LogP contribution < -0.4 is 10.1 Å². The highest BCUT2D eigenvalue weighted by Gasteiger charge is 2.42. The molecule has 0 aromatic carbocycles. The van der Waals surface area contributed by atoms with E-state index in [2.05, 4.69) is 15.0 Å². The molecule has 2 heterocycles. The molecule has 0 radical (unpaired) electrons. The zero-order valence-corrected chi connectivity index (χ0v) is 11.3. The second-order valence-corrected chi connectivity index (χ2v) is 4.39. The number of ketones is 1. The van der Waals surface area contributed by atoms with E-state index in [0.717, 1.165) is 0 Å². The molecule has 1 aliphatic heterocycles. The van der Waals surface area contributed by atoms with Gasteiger partial charge in [0.05, 0.1) is 25.8 Å². The smallest absolute Gasteiger partial charge is 0.317 e. The molecule has 0 bridgehead atoms. The number of amides is 1. The van der Waals surface area contributed by atoms with Crippen LogP contribution >= 0.6 is 0 Å². The predicted octanol–water partition coefficient (Wildman–Crippen LogP) is 0.650. The predicted molar refractivity (Wildman–Crippen MR) is 68.4 cm³/mol. The first-order chi connectivity index (χ1) is 9.51. The first kappa shape index (κ1) is 14.0. The van der Waals surface area contributed by atoms with Gasteiger partial charge in [0.15, 0.2) is 5.78 Å². The van der Waals surface area contributed by atoms with Crippen LogP contribution in [0.1, 0.15) is 17.3 Å². The van der Waals surface area contributed by atoms with Gasteiger partial charge in [-0.3, -0.25) is 14.4 Å². The largest absolute Gasteiger partial charge is 0.480 e. The zero-order valence-electron chi connectivity index (χ0n) is 11.3. The molecule has 7 heteroatoms. The van der Waals surface area contributed by atoms with Gasteiger partial charge in [-0.15, -0.1) is 0 Å². The van der Waals surface area contributed by atoms with Crippen molar-refractivity contribution in [1.29, 1.82) is 0 Å². The van der Waals surface area contributed by atoms with E-state index in [1.807, 2.05) is 0 Å². The number of carbonyl (C=O) groups is 3. The number of rotatable bonds is 2. The second-order valence-electron chi connectivity index (χ2n) is 4.39. The number of esters is 1. The zero-order chi connectivity index (χ0) is 14.9. The van der Waals surface area contributed by atoms with Gasteiger partial charge in [-0.25, -0.2) is 4.98 Å². The van der Waals surface area contributed by atoms with Crippen molar-refractivity contribution in [3.63, 3.8) is 0 Å². The third-order valence-electron chi connectivity index (χ3n) is 3.26. The number of hydrogen-bond acceptors (Lipinski definition) is 6. The Morgan fingerprint density at radius 2 is 2.05 bits per heavy atom. The summed E-state index contributed by atoms with van der Waals surface area (Å²) < 4.78 is 9.66. The standard InChI is InChI=1S/C13H14N2O5/c1-6-8(13(18)20-3)10(16)9-7(15-11(6)17)4-5-14-12(9)19-2/h4-6,8H,1-3H3,(H,15,17). The molecule has 20 heavy (non-hydrogen) atoms. The SMILES string of the molecule is COC(=O)C1C(=O)c2c(ccnc2OC)NC(=O)C1C. The molecule has 106 valence electrons. The fraction of sp³-hybridized carbons (Fsp3) is 0.385. The molecule has 1 aliphatic rings. The summed E-state index contributed by atoms with van der Waals surface area (Å²) in [7, 11) is 2.53. The third kappa shape index (κ3) is 2.11. The van der Waals surface area contributed by atoms with E-state index < -0.39 is 29.5 Å². The molecule has 1 aromatic heterocycles. The van der Waals surface area contributed by atoms with Crippen molar-refractivity contribution >= 4 is 23.3 Å². The molecule has 1 aromatic rings. The van der Waals surface area contributed by atoms with Crippen LogP contribution in [0.3, 0.4) is 0 Å². The average Bonchev–Trinajstić information content (AvgIpc) is 2.54.